The Bertz CT molecular complexity index is 2150. The minimum atomic E-state index is 0.771. The van der Waals surface area contributed by atoms with E-state index >= 15 is 0 Å². The third-order valence-electron chi connectivity index (χ3n) is 8.22. The van der Waals surface area contributed by atoms with Gasteiger partial charge < -0.3 is 0 Å². The summed E-state index contributed by atoms with van der Waals surface area (Å²) in [6.07, 6.45) is 27.6. The van der Waals surface area contributed by atoms with Crippen LogP contribution < -0.4 is 10.7 Å². The Labute approximate surface area is 257 Å². The summed E-state index contributed by atoms with van der Waals surface area (Å²) in [5.41, 5.74) is 10.6. The number of allylic oxidation sites excluding steroid dienone is 7. The Kier molecular flexibility index (Phi) is 7.47. The van der Waals surface area contributed by atoms with Crippen molar-refractivity contribution < 1.29 is 0 Å². The van der Waals surface area contributed by atoms with Crippen LogP contribution in [0.2, 0.25) is 0 Å². The molecule has 0 radical (unpaired) electrons. The fourth-order valence-electron chi connectivity index (χ4n) is 6.29. The highest BCUT2D eigenvalue weighted by Crippen LogP contribution is 2.42. The molecule has 0 aliphatic heterocycles. The van der Waals surface area contributed by atoms with Crippen molar-refractivity contribution in [1.29, 1.82) is 0 Å². The summed E-state index contributed by atoms with van der Waals surface area (Å²) < 4.78 is 0. The Morgan fingerprint density at radius 3 is 2.11 bits per heavy atom. The van der Waals surface area contributed by atoms with Crippen LogP contribution in [-0.2, 0) is 0 Å². The molecular weight excluding hydrogens is 536 g/mol. The van der Waals surface area contributed by atoms with Crippen LogP contribution in [0.4, 0.5) is 0 Å². The molecule has 5 aromatic rings. The van der Waals surface area contributed by atoms with E-state index in [2.05, 4.69) is 121 Å². The summed E-state index contributed by atoms with van der Waals surface area (Å²) in [5.74, 6) is 0. The van der Waals surface area contributed by atoms with E-state index in [4.69, 9.17) is 9.97 Å². The minimum absolute atomic E-state index is 0.771. The number of nitrogens with zero attached hydrogens (tertiary/aromatic N) is 4. The van der Waals surface area contributed by atoms with Gasteiger partial charge in [0.25, 0.3) is 0 Å². The molecule has 2 aromatic heterocycles. The molecular formula is C40H32N4. The summed E-state index contributed by atoms with van der Waals surface area (Å²) in [6.45, 7) is 6.34. The van der Waals surface area contributed by atoms with Gasteiger partial charge in [-0.3, -0.25) is 0 Å². The molecule has 0 saturated carbocycles. The zero-order valence-corrected chi connectivity index (χ0v) is 24.7. The summed E-state index contributed by atoms with van der Waals surface area (Å²) in [4.78, 5) is 19.0. The van der Waals surface area contributed by atoms with E-state index in [1.54, 1.807) is 6.33 Å². The van der Waals surface area contributed by atoms with Crippen LogP contribution in [0.3, 0.4) is 0 Å². The molecule has 0 atom stereocenters. The molecule has 212 valence electrons. The number of fused-ring (bicyclic) bond motifs is 2. The van der Waals surface area contributed by atoms with Gasteiger partial charge in [-0.15, -0.1) is 0 Å². The molecule has 4 heteroatoms. The van der Waals surface area contributed by atoms with Crippen molar-refractivity contribution in [3.8, 4) is 22.4 Å². The molecule has 0 spiro atoms. The quantitative estimate of drug-likeness (QED) is 0.207. The van der Waals surface area contributed by atoms with Crippen molar-refractivity contribution in [2.75, 3.05) is 0 Å². The molecule has 0 bridgehead atoms. The number of hydrogen-bond donors (Lipinski definition) is 0. The molecule has 0 fully saturated rings. The Balaban J connectivity index is 1.46. The standard InChI is InChI=1S/C40H32N4/c1-3-13-32-31(4-2)37(33-18-8-9-19-34(33)38(32)30-24-41-26-42-25-30)27-16-12-17-29(23-22-27)40-39(28-14-6-5-7-15-28)43-35-20-10-11-21-36(35)44-40/h3-9,12-15,17-26H,2,10-11,16H2,1H3/b13-3-. The second-order valence-corrected chi connectivity index (χ2v) is 10.9. The molecule has 7 rings (SSSR count). The second-order valence-electron chi connectivity index (χ2n) is 10.9. The van der Waals surface area contributed by atoms with Gasteiger partial charge in [0.05, 0.1) is 22.1 Å². The van der Waals surface area contributed by atoms with Crippen molar-refractivity contribution >= 4 is 46.2 Å². The molecule has 2 aliphatic carbocycles. The lowest BCUT2D eigenvalue weighted by atomic mass is 9.83. The molecule has 4 nitrogen and oxygen atoms in total. The SMILES string of the molecule is C=Cc1c(/C=C\C)c(-c2cncnc2)c2ccccc2c1C1=CC=C(c2nc3c(nc2-c2ccccc2)=CCCC=3)C=CC1. The van der Waals surface area contributed by atoms with Gasteiger partial charge in [-0.05, 0) is 59.2 Å². The number of aromatic nitrogens is 4. The predicted octanol–water partition coefficient (Wildman–Crippen LogP) is 8.21. The van der Waals surface area contributed by atoms with Crippen LogP contribution in [0.5, 0.6) is 0 Å². The van der Waals surface area contributed by atoms with Crippen LogP contribution in [-0.4, -0.2) is 19.9 Å². The minimum Gasteiger partial charge on any atom is -0.244 e. The molecule has 0 N–H and O–H groups in total. The summed E-state index contributed by atoms with van der Waals surface area (Å²) in [6, 6.07) is 19.0. The first-order chi connectivity index (χ1) is 21.8. The first-order valence-corrected chi connectivity index (χ1v) is 15.1. The summed E-state index contributed by atoms with van der Waals surface area (Å²) in [7, 11) is 0. The third-order valence-corrected chi connectivity index (χ3v) is 8.22. The molecule has 0 unspecified atom stereocenters. The van der Waals surface area contributed by atoms with Crippen LogP contribution in [0, 0.1) is 0 Å². The highest BCUT2D eigenvalue weighted by molar-refractivity contribution is 6.09. The van der Waals surface area contributed by atoms with E-state index in [0.717, 1.165) is 80.1 Å². The number of benzene rings is 3. The molecule has 2 aliphatic rings. The first-order valence-electron chi connectivity index (χ1n) is 15.1. The lowest BCUT2D eigenvalue weighted by molar-refractivity contribution is 1.01. The lowest BCUT2D eigenvalue weighted by Crippen LogP contribution is -2.34. The first kappa shape index (κ1) is 27.4. The zero-order chi connectivity index (χ0) is 29.9. The average Bonchev–Trinajstić information content (AvgIpc) is 3.34. The van der Waals surface area contributed by atoms with Crippen LogP contribution in [0.1, 0.15) is 48.6 Å². The van der Waals surface area contributed by atoms with Gasteiger partial charge in [0.15, 0.2) is 0 Å². The van der Waals surface area contributed by atoms with Gasteiger partial charge in [-0.1, -0.05) is 116 Å². The van der Waals surface area contributed by atoms with E-state index in [1.165, 1.54) is 16.5 Å². The van der Waals surface area contributed by atoms with Crippen LogP contribution in [0.25, 0.3) is 68.6 Å². The summed E-state index contributed by atoms with van der Waals surface area (Å²) >= 11 is 0. The van der Waals surface area contributed by atoms with Gasteiger partial charge in [0.2, 0.25) is 0 Å². The van der Waals surface area contributed by atoms with Crippen molar-refractivity contribution in [2.45, 2.75) is 26.2 Å². The van der Waals surface area contributed by atoms with Crippen LogP contribution >= 0.6 is 0 Å². The fourth-order valence-corrected chi connectivity index (χ4v) is 6.29. The van der Waals surface area contributed by atoms with Gasteiger partial charge >= 0.3 is 0 Å². The summed E-state index contributed by atoms with van der Waals surface area (Å²) in [5, 5.41) is 4.27. The van der Waals surface area contributed by atoms with Gasteiger partial charge in [0, 0.05) is 34.7 Å². The number of rotatable bonds is 6. The van der Waals surface area contributed by atoms with Crippen molar-refractivity contribution in [2.24, 2.45) is 0 Å². The molecule has 0 saturated heterocycles. The second kappa shape index (κ2) is 12.0. The molecule has 0 amide bonds. The maximum atomic E-state index is 5.18. The average molecular weight is 569 g/mol. The van der Waals surface area contributed by atoms with E-state index in [0.29, 0.717) is 0 Å². The van der Waals surface area contributed by atoms with Crippen molar-refractivity contribution in [1.82, 2.24) is 19.9 Å². The highest BCUT2D eigenvalue weighted by Gasteiger charge is 2.21. The predicted molar refractivity (Wildman–Crippen MR) is 184 cm³/mol. The Morgan fingerprint density at radius 1 is 0.727 bits per heavy atom. The van der Waals surface area contributed by atoms with Gasteiger partial charge in [-0.25, -0.2) is 19.9 Å². The fraction of sp³-hybridized carbons (Fsp3) is 0.100. The highest BCUT2D eigenvalue weighted by atomic mass is 14.8. The maximum Gasteiger partial charge on any atom is 0.115 e. The molecule has 44 heavy (non-hydrogen) atoms. The largest absolute Gasteiger partial charge is 0.244 e. The van der Waals surface area contributed by atoms with E-state index in [1.807, 2.05) is 24.5 Å². The Hall–Kier alpha value is -5.48. The van der Waals surface area contributed by atoms with E-state index in [-0.39, 0.29) is 0 Å². The topological polar surface area (TPSA) is 51.6 Å². The smallest absolute Gasteiger partial charge is 0.115 e. The van der Waals surface area contributed by atoms with E-state index < -0.39 is 0 Å². The third kappa shape index (κ3) is 4.95. The van der Waals surface area contributed by atoms with Crippen LogP contribution in [0.15, 0.2) is 110 Å². The zero-order valence-electron chi connectivity index (χ0n) is 24.7. The molecule has 2 heterocycles. The lowest BCUT2D eigenvalue weighted by Gasteiger charge is -2.21. The molecule has 3 aromatic carbocycles. The monoisotopic (exact) mass is 568 g/mol. The van der Waals surface area contributed by atoms with Gasteiger partial charge in [-0.2, -0.15) is 0 Å². The van der Waals surface area contributed by atoms with Crippen molar-refractivity contribution in [3.05, 3.63) is 143 Å². The maximum absolute atomic E-state index is 5.18. The van der Waals surface area contributed by atoms with E-state index in [9.17, 15) is 0 Å². The normalized spacial score (nSPS) is 14.3. The van der Waals surface area contributed by atoms with Crippen molar-refractivity contribution in [3.63, 3.8) is 0 Å². The Morgan fingerprint density at radius 2 is 1.41 bits per heavy atom. The van der Waals surface area contributed by atoms with Gasteiger partial charge in [0.1, 0.15) is 6.33 Å². The number of hydrogen-bond acceptors (Lipinski definition) is 4.